The number of carboxylic acid groups (broad SMARTS) is 1. The van der Waals surface area contributed by atoms with E-state index in [0.717, 1.165) is 22.4 Å². The molecule has 2 aromatic carbocycles. The van der Waals surface area contributed by atoms with E-state index in [2.05, 4.69) is 15.2 Å². The number of nitrogens with two attached hydrogens (primary N) is 1. The van der Waals surface area contributed by atoms with E-state index >= 15 is 0 Å². The van der Waals surface area contributed by atoms with Crippen molar-refractivity contribution in [3.8, 4) is 11.1 Å². The molecule has 140 valence electrons. The van der Waals surface area contributed by atoms with Crippen molar-refractivity contribution in [2.45, 2.75) is 5.75 Å². The van der Waals surface area contributed by atoms with Gasteiger partial charge in [-0.05, 0) is 22.8 Å². The number of carbonyl (C=O) groups is 1. The summed E-state index contributed by atoms with van der Waals surface area (Å²) in [5, 5.41) is 17.5. The Labute approximate surface area is 166 Å². The zero-order valence-electron chi connectivity index (χ0n) is 14.9. The van der Waals surface area contributed by atoms with Crippen molar-refractivity contribution >= 4 is 29.1 Å². The summed E-state index contributed by atoms with van der Waals surface area (Å²) in [5.41, 5.74) is 9.66. The van der Waals surface area contributed by atoms with Gasteiger partial charge in [-0.1, -0.05) is 66.4 Å². The highest BCUT2D eigenvalue weighted by Gasteiger charge is 2.05. The van der Waals surface area contributed by atoms with E-state index in [4.69, 9.17) is 10.8 Å². The molecule has 0 radical (unpaired) electrons. The van der Waals surface area contributed by atoms with Gasteiger partial charge in [-0.15, -0.1) is 5.10 Å². The molecule has 0 aliphatic rings. The van der Waals surface area contributed by atoms with Gasteiger partial charge in [0.1, 0.15) is 0 Å². The van der Waals surface area contributed by atoms with Crippen LogP contribution in [0.3, 0.4) is 0 Å². The van der Waals surface area contributed by atoms with Crippen LogP contribution in [-0.2, 0) is 5.75 Å². The Bertz CT molecular complexity index is 1000. The van der Waals surface area contributed by atoms with Gasteiger partial charge < -0.3 is 10.8 Å². The number of amidine groups is 1. The first kappa shape index (κ1) is 19.3. The van der Waals surface area contributed by atoms with Gasteiger partial charge >= 0.3 is 5.97 Å². The molecule has 0 atom stereocenters. The fourth-order valence-electron chi connectivity index (χ4n) is 2.39. The maximum atomic E-state index is 11.1. The monoisotopic (exact) mass is 390 g/mol. The molecule has 7 heteroatoms. The summed E-state index contributed by atoms with van der Waals surface area (Å²) in [6.45, 7) is 0. The van der Waals surface area contributed by atoms with E-state index in [1.165, 1.54) is 23.5 Å². The Morgan fingerprint density at radius 3 is 2.54 bits per heavy atom. The van der Waals surface area contributed by atoms with Crippen molar-refractivity contribution in [3.05, 3.63) is 89.7 Å². The summed E-state index contributed by atoms with van der Waals surface area (Å²) in [7, 11) is 0. The summed E-state index contributed by atoms with van der Waals surface area (Å²) in [4.78, 5) is 15.0. The molecule has 0 fully saturated rings. The predicted octanol–water partition coefficient (Wildman–Crippen LogP) is 4.03. The second kappa shape index (κ2) is 9.48. The highest BCUT2D eigenvalue weighted by atomic mass is 32.2. The third-order valence-corrected chi connectivity index (χ3v) is 4.68. The Hall–Kier alpha value is -3.45. The van der Waals surface area contributed by atoms with Crippen molar-refractivity contribution in [1.29, 1.82) is 0 Å². The van der Waals surface area contributed by atoms with Gasteiger partial charge in [-0.25, -0.2) is 4.79 Å². The molecule has 0 saturated heterocycles. The van der Waals surface area contributed by atoms with E-state index in [1.54, 1.807) is 18.5 Å². The molecule has 1 heterocycles. The molecule has 6 nitrogen and oxygen atoms in total. The molecule has 0 aliphatic heterocycles. The lowest BCUT2D eigenvalue weighted by Gasteiger charge is -2.03. The number of aromatic carboxylic acids is 1. The van der Waals surface area contributed by atoms with E-state index in [9.17, 15) is 4.79 Å². The smallest absolute Gasteiger partial charge is 0.337 e. The van der Waals surface area contributed by atoms with E-state index in [-0.39, 0.29) is 5.56 Å². The first-order valence-electron chi connectivity index (χ1n) is 8.44. The number of rotatable bonds is 6. The fraction of sp³-hybridized carbons (Fsp3) is 0.0476. The van der Waals surface area contributed by atoms with Crippen molar-refractivity contribution in [3.63, 3.8) is 0 Å². The van der Waals surface area contributed by atoms with Crippen LogP contribution in [-0.4, -0.2) is 27.4 Å². The van der Waals surface area contributed by atoms with Crippen LogP contribution in [0.5, 0.6) is 0 Å². The SMILES string of the molecule is NC(=NN=Cc1ccc(-c2cncc(C(=O)O)c2)cc1)SCc1ccccc1. The number of hydrogen-bond donors (Lipinski definition) is 2. The minimum absolute atomic E-state index is 0.154. The van der Waals surface area contributed by atoms with Crippen LogP contribution in [0.4, 0.5) is 0 Å². The maximum absolute atomic E-state index is 11.1. The Morgan fingerprint density at radius 1 is 1.07 bits per heavy atom. The number of nitrogens with zero attached hydrogens (tertiary/aromatic N) is 3. The molecule has 28 heavy (non-hydrogen) atoms. The van der Waals surface area contributed by atoms with Gasteiger partial charge in [-0.3, -0.25) is 4.98 Å². The summed E-state index contributed by atoms with van der Waals surface area (Å²) >= 11 is 1.43. The second-order valence-electron chi connectivity index (χ2n) is 5.85. The van der Waals surface area contributed by atoms with Gasteiger partial charge in [0.05, 0.1) is 11.8 Å². The molecule has 0 unspecified atom stereocenters. The molecule has 0 amide bonds. The summed E-state index contributed by atoms with van der Waals surface area (Å²) in [6, 6.07) is 19.1. The first-order chi connectivity index (χ1) is 13.6. The number of aromatic nitrogens is 1. The van der Waals surface area contributed by atoms with E-state index < -0.39 is 5.97 Å². The summed E-state index contributed by atoms with van der Waals surface area (Å²) in [6.07, 6.45) is 4.57. The van der Waals surface area contributed by atoms with Crippen molar-refractivity contribution in [2.24, 2.45) is 15.9 Å². The summed E-state index contributed by atoms with van der Waals surface area (Å²) < 4.78 is 0. The lowest BCUT2D eigenvalue weighted by Crippen LogP contribution is -2.05. The molecule has 0 spiro atoms. The van der Waals surface area contributed by atoms with E-state index in [1.807, 2.05) is 54.6 Å². The van der Waals surface area contributed by atoms with E-state index in [0.29, 0.717) is 5.17 Å². The molecular formula is C21H18N4O2S. The topological polar surface area (TPSA) is 101 Å². The molecule has 0 aliphatic carbocycles. The number of benzene rings is 2. The second-order valence-corrected chi connectivity index (χ2v) is 6.84. The highest BCUT2D eigenvalue weighted by Crippen LogP contribution is 2.20. The van der Waals surface area contributed by atoms with Crippen molar-refractivity contribution in [2.75, 3.05) is 0 Å². The predicted molar refractivity (Wildman–Crippen MR) is 114 cm³/mol. The lowest BCUT2D eigenvalue weighted by molar-refractivity contribution is 0.0696. The van der Waals surface area contributed by atoms with Gasteiger partial charge in [0.15, 0.2) is 5.17 Å². The van der Waals surface area contributed by atoms with Gasteiger partial charge in [0.25, 0.3) is 0 Å². The van der Waals surface area contributed by atoms with Crippen LogP contribution in [0, 0.1) is 0 Å². The van der Waals surface area contributed by atoms with Crippen LogP contribution in [0.2, 0.25) is 0 Å². The molecule has 0 saturated carbocycles. The number of hydrogen-bond acceptors (Lipinski definition) is 5. The molecular weight excluding hydrogens is 372 g/mol. The third-order valence-electron chi connectivity index (χ3n) is 3.82. The Morgan fingerprint density at radius 2 is 1.82 bits per heavy atom. The normalized spacial score (nSPS) is 11.6. The lowest BCUT2D eigenvalue weighted by atomic mass is 10.0. The van der Waals surface area contributed by atoms with Crippen LogP contribution >= 0.6 is 11.8 Å². The maximum Gasteiger partial charge on any atom is 0.337 e. The third kappa shape index (κ3) is 5.52. The first-order valence-corrected chi connectivity index (χ1v) is 9.42. The largest absolute Gasteiger partial charge is 0.478 e. The molecule has 3 N–H and O–H groups in total. The van der Waals surface area contributed by atoms with Crippen LogP contribution in [0.1, 0.15) is 21.5 Å². The Kier molecular flexibility index (Phi) is 6.54. The average molecular weight is 390 g/mol. The standard InChI is InChI=1S/C21H18N4O2S/c22-21(28-14-16-4-2-1-3-5-16)25-24-11-15-6-8-17(9-7-15)18-10-19(20(26)27)13-23-12-18/h1-13H,14H2,(H2,22,25)(H,26,27). The zero-order chi connectivity index (χ0) is 19.8. The quantitative estimate of drug-likeness (QED) is 0.376. The molecule has 3 aromatic rings. The van der Waals surface area contributed by atoms with Gasteiger partial charge in [0.2, 0.25) is 0 Å². The number of pyridine rings is 1. The van der Waals surface area contributed by atoms with Gasteiger partial charge in [0, 0.05) is 23.7 Å². The molecule has 0 bridgehead atoms. The zero-order valence-corrected chi connectivity index (χ0v) is 15.7. The average Bonchev–Trinajstić information content (AvgIpc) is 2.73. The minimum atomic E-state index is -1.00. The van der Waals surface area contributed by atoms with Crippen LogP contribution < -0.4 is 5.73 Å². The number of thioether (sulfide) groups is 1. The van der Waals surface area contributed by atoms with Crippen LogP contribution in [0.25, 0.3) is 11.1 Å². The van der Waals surface area contributed by atoms with Crippen LogP contribution in [0.15, 0.2) is 83.3 Å². The van der Waals surface area contributed by atoms with Gasteiger partial charge in [-0.2, -0.15) is 5.10 Å². The molecule has 3 rings (SSSR count). The van der Waals surface area contributed by atoms with Crippen molar-refractivity contribution < 1.29 is 9.90 Å². The molecule has 1 aromatic heterocycles. The highest BCUT2D eigenvalue weighted by molar-refractivity contribution is 8.13. The fourth-order valence-corrected chi connectivity index (χ4v) is 3.00. The minimum Gasteiger partial charge on any atom is -0.478 e. The summed E-state index contributed by atoms with van der Waals surface area (Å²) in [5.74, 6) is -0.261. The Balaban J connectivity index is 1.60. The van der Waals surface area contributed by atoms with Crippen molar-refractivity contribution in [1.82, 2.24) is 4.98 Å². The number of carboxylic acids is 1.